The largest absolute Gasteiger partial charge is 0.506 e. The van der Waals surface area contributed by atoms with Crippen molar-refractivity contribution in [1.82, 2.24) is 9.97 Å². The van der Waals surface area contributed by atoms with Crippen LogP contribution in [0.1, 0.15) is 11.1 Å². The average Bonchev–Trinajstić information content (AvgIpc) is 3.52. The van der Waals surface area contributed by atoms with Gasteiger partial charge in [-0.1, -0.05) is 34.8 Å². The standard InChI is InChI=1S/C28H20N6O3S2/c1-15-3-9-23(35)21(11-15)31-33-27-29-19-7-5-17(13-25(19)38-27)37-18-6-8-20-26(14-18)39-28(30-20)34-32-22-12-16(2)4-10-24(22)36/h3-14,35-36H,1-2H3. The van der Waals surface area contributed by atoms with Crippen LogP contribution < -0.4 is 4.74 Å². The van der Waals surface area contributed by atoms with Gasteiger partial charge < -0.3 is 14.9 Å². The molecular formula is C28H20N6O3S2. The third kappa shape index (κ3) is 5.44. The van der Waals surface area contributed by atoms with E-state index in [0.717, 1.165) is 31.6 Å². The first-order valence-corrected chi connectivity index (χ1v) is 13.4. The summed E-state index contributed by atoms with van der Waals surface area (Å²) in [5.74, 6) is 1.45. The number of benzene rings is 4. The number of aromatic nitrogens is 2. The third-order valence-electron chi connectivity index (χ3n) is 5.68. The first kappa shape index (κ1) is 24.6. The van der Waals surface area contributed by atoms with Crippen LogP contribution in [0.5, 0.6) is 23.0 Å². The van der Waals surface area contributed by atoms with E-state index in [1.807, 2.05) is 62.4 Å². The zero-order chi connectivity index (χ0) is 26.9. The minimum atomic E-state index is 0.0693. The quantitative estimate of drug-likeness (QED) is 0.199. The third-order valence-corrected chi connectivity index (χ3v) is 7.49. The lowest BCUT2D eigenvalue weighted by Gasteiger charge is -2.05. The number of aromatic hydroxyl groups is 2. The van der Waals surface area contributed by atoms with Crippen molar-refractivity contribution in [3.63, 3.8) is 0 Å². The molecule has 0 aliphatic carbocycles. The molecule has 0 unspecified atom stereocenters. The molecule has 2 N–H and O–H groups in total. The van der Waals surface area contributed by atoms with Crippen molar-refractivity contribution in [2.75, 3.05) is 0 Å². The van der Waals surface area contributed by atoms with Gasteiger partial charge in [-0.15, -0.1) is 20.5 Å². The number of ether oxygens (including phenoxy) is 1. The van der Waals surface area contributed by atoms with E-state index in [0.29, 0.717) is 33.1 Å². The number of thiazole rings is 2. The second-order valence-electron chi connectivity index (χ2n) is 8.74. The van der Waals surface area contributed by atoms with Gasteiger partial charge in [-0.3, -0.25) is 0 Å². The summed E-state index contributed by atoms with van der Waals surface area (Å²) in [6.07, 6.45) is 0. The van der Waals surface area contributed by atoms with E-state index >= 15 is 0 Å². The van der Waals surface area contributed by atoms with Gasteiger partial charge >= 0.3 is 0 Å². The molecule has 0 atom stereocenters. The predicted molar refractivity (Wildman–Crippen MR) is 153 cm³/mol. The summed E-state index contributed by atoms with van der Waals surface area (Å²) in [5.41, 5.74) is 4.31. The zero-order valence-electron chi connectivity index (χ0n) is 20.7. The second kappa shape index (κ2) is 10.2. The number of phenols is 2. The molecule has 6 aromatic rings. The van der Waals surface area contributed by atoms with Gasteiger partial charge in [0, 0.05) is 12.1 Å². The summed E-state index contributed by atoms with van der Waals surface area (Å²) in [6.45, 7) is 3.85. The lowest BCUT2D eigenvalue weighted by Crippen LogP contribution is -1.83. The van der Waals surface area contributed by atoms with Crippen LogP contribution in [0.3, 0.4) is 0 Å². The lowest BCUT2D eigenvalue weighted by molar-refractivity contribution is 0.475. The molecule has 2 heterocycles. The van der Waals surface area contributed by atoms with Crippen LogP contribution in [0.2, 0.25) is 0 Å². The number of rotatable bonds is 6. The highest BCUT2D eigenvalue weighted by molar-refractivity contribution is 7.22. The van der Waals surface area contributed by atoms with Gasteiger partial charge in [0.25, 0.3) is 0 Å². The molecule has 0 aliphatic rings. The number of hydrogen-bond donors (Lipinski definition) is 2. The van der Waals surface area contributed by atoms with E-state index < -0.39 is 0 Å². The maximum absolute atomic E-state index is 9.98. The highest BCUT2D eigenvalue weighted by Gasteiger charge is 2.09. The Morgan fingerprint density at radius 3 is 1.51 bits per heavy atom. The summed E-state index contributed by atoms with van der Waals surface area (Å²) in [6, 6.07) is 21.6. The van der Waals surface area contributed by atoms with Crippen molar-refractivity contribution in [3.05, 3.63) is 83.9 Å². The molecule has 9 nitrogen and oxygen atoms in total. The van der Waals surface area contributed by atoms with Crippen LogP contribution in [0.4, 0.5) is 21.6 Å². The first-order valence-electron chi connectivity index (χ1n) is 11.8. The Bertz CT molecular complexity index is 1770. The minimum Gasteiger partial charge on any atom is -0.506 e. The molecule has 11 heteroatoms. The topological polar surface area (TPSA) is 125 Å². The normalized spacial score (nSPS) is 11.8. The molecule has 39 heavy (non-hydrogen) atoms. The zero-order valence-corrected chi connectivity index (χ0v) is 22.4. The van der Waals surface area contributed by atoms with E-state index in [1.165, 1.54) is 22.7 Å². The molecule has 0 spiro atoms. The van der Waals surface area contributed by atoms with Crippen LogP contribution in [-0.4, -0.2) is 20.2 Å². The minimum absolute atomic E-state index is 0.0693. The molecular weight excluding hydrogens is 532 g/mol. The molecule has 192 valence electrons. The summed E-state index contributed by atoms with van der Waals surface area (Å²) in [7, 11) is 0. The number of aryl methyl sites for hydroxylation is 2. The molecule has 0 amide bonds. The van der Waals surface area contributed by atoms with Crippen molar-refractivity contribution >= 4 is 64.7 Å². The summed E-state index contributed by atoms with van der Waals surface area (Å²) in [4.78, 5) is 9.00. The molecule has 0 saturated carbocycles. The Morgan fingerprint density at radius 1 is 0.590 bits per heavy atom. The SMILES string of the molecule is Cc1ccc(O)c(N=Nc2nc3ccc(Oc4ccc5nc(N=Nc6cc(C)ccc6O)sc5c4)cc3s2)c1. The number of azo groups is 2. The number of fused-ring (bicyclic) bond motifs is 2. The van der Waals surface area contributed by atoms with E-state index in [-0.39, 0.29) is 11.5 Å². The molecule has 0 radical (unpaired) electrons. The Kier molecular flexibility index (Phi) is 6.43. The monoisotopic (exact) mass is 552 g/mol. The first-order chi connectivity index (χ1) is 18.9. The van der Waals surface area contributed by atoms with Crippen molar-refractivity contribution < 1.29 is 14.9 Å². The maximum atomic E-state index is 9.98. The van der Waals surface area contributed by atoms with Gasteiger partial charge in [-0.2, -0.15) is 0 Å². The predicted octanol–water partition coefficient (Wildman–Crippen LogP) is 9.56. The Labute approximate surface area is 230 Å². The summed E-state index contributed by atoms with van der Waals surface area (Å²) < 4.78 is 7.91. The number of phenolic OH excluding ortho intramolecular Hbond substituents is 2. The van der Waals surface area contributed by atoms with Crippen molar-refractivity contribution in [3.8, 4) is 23.0 Å². The molecule has 0 bridgehead atoms. The van der Waals surface area contributed by atoms with Crippen molar-refractivity contribution in [1.29, 1.82) is 0 Å². The van der Waals surface area contributed by atoms with Crippen LogP contribution >= 0.6 is 22.7 Å². The van der Waals surface area contributed by atoms with E-state index in [2.05, 4.69) is 30.4 Å². The Hall–Kier alpha value is -4.74. The lowest BCUT2D eigenvalue weighted by atomic mass is 10.2. The van der Waals surface area contributed by atoms with Gasteiger partial charge in [-0.05, 0) is 73.5 Å². The van der Waals surface area contributed by atoms with Gasteiger partial charge in [-0.25, -0.2) is 9.97 Å². The Morgan fingerprint density at radius 2 is 1.05 bits per heavy atom. The van der Waals surface area contributed by atoms with Gasteiger partial charge in [0.2, 0.25) is 10.3 Å². The van der Waals surface area contributed by atoms with E-state index in [9.17, 15) is 10.2 Å². The van der Waals surface area contributed by atoms with Gasteiger partial charge in [0.1, 0.15) is 34.4 Å². The fourth-order valence-electron chi connectivity index (χ4n) is 3.75. The van der Waals surface area contributed by atoms with Crippen molar-refractivity contribution in [2.45, 2.75) is 13.8 Å². The van der Waals surface area contributed by atoms with E-state index in [4.69, 9.17) is 4.74 Å². The molecule has 0 saturated heterocycles. The smallest absolute Gasteiger partial charge is 0.231 e. The highest BCUT2D eigenvalue weighted by atomic mass is 32.1. The van der Waals surface area contributed by atoms with Crippen LogP contribution in [-0.2, 0) is 0 Å². The molecule has 4 aromatic carbocycles. The van der Waals surface area contributed by atoms with E-state index in [1.54, 1.807) is 24.3 Å². The fraction of sp³-hybridized carbons (Fsp3) is 0.0714. The van der Waals surface area contributed by atoms with Crippen molar-refractivity contribution in [2.24, 2.45) is 20.5 Å². The summed E-state index contributed by atoms with van der Waals surface area (Å²) in [5, 5.41) is 37.6. The highest BCUT2D eigenvalue weighted by Crippen LogP contribution is 2.37. The molecule has 6 rings (SSSR count). The van der Waals surface area contributed by atoms with Crippen LogP contribution in [0, 0.1) is 13.8 Å². The molecule has 0 fully saturated rings. The van der Waals surface area contributed by atoms with Gasteiger partial charge in [0.05, 0.1) is 20.4 Å². The maximum Gasteiger partial charge on any atom is 0.231 e. The second-order valence-corrected chi connectivity index (χ2v) is 10.8. The number of hydrogen-bond acceptors (Lipinski definition) is 11. The summed E-state index contributed by atoms with van der Waals surface area (Å²) >= 11 is 2.76. The number of nitrogens with zero attached hydrogens (tertiary/aromatic N) is 6. The Balaban J connectivity index is 1.20. The van der Waals surface area contributed by atoms with Crippen LogP contribution in [0.25, 0.3) is 20.4 Å². The average molecular weight is 553 g/mol. The molecule has 0 aliphatic heterocycles. The fourth-order valence-corrected chi connectivity index (χ4v) is 5.39. The van der Waals surface area contributed by atoms with Gasteiger partial charge in [0.15, 0.2) is 0 Å². The molecule has 2 aromatic heterocycles. The van der Waals surface area contributed by atoms with Crippen LogP contribution in [0.15, 0.2) is 93.3 Å².